The van der Waals surface area contributed by atoms with Crippen LogP contribution in [0.5, 0.6) is 0 Å². The number of carbonyl (C=O) groups excluding carboxylic acids is 3. The van der Waals surface area contributed by atoms with Crippen LogP contribution in [0.3, 0.4) is 0 Å². The molecule has 4 saturated heterocycles. The molecule has 8 heterocycles. The van der Waals surface area contributed by atoms with Crippen LogP contribution in [0, 0.1) is 11.8 Å². The Morgan fingerprint density at radius 2 is 0.884 bits per heavy atom. The number of amidine groups is 2. The van der Waals surface area contributed by atoms with Crippen LogP contribution in [0.1, 0.15) is 141 Å². The van der Waals surface area contributed by atoms with Gasteiger partial charge in [-0.1, -0.05) is 123 Å². The number of carboxylic acids is 1. The van der Waals surface area contributed by atoms with Crippen molar-refractivity contribution in [3.05, 3.63) is 161 Å². The molecule has 23 heteroatoms. The van der Waals surface area contributed by atoms with Crippen LogP contribution in [0.15, 0.2) is 128 Å². The number of carboxylic acid groups (broad SMARTS) is 1. The van der Waals surface area contributed by atoms with Crippen molar-refractivity contribution >= 4 is 104 Å². The summed E-state index contributed by atoms with van der Waals surface area (Å²) in [4.78, 5) is 81.1. The lowest BCUT2D eigenvalue weighted by Gasteiger charge is -2.45. The van der Waals surface area contributed by atoms with Gasteiger partial charge in [0, 0.05) is 108 Å². The number of thioether (sulfide) groups is 2. The maximum atomic E-state index is 14.7. The van der Waals surface area contributed by atoms with Crippen LogP contribution in [-0.2, 0) is 30.3 Å². The Hall–Kier alpha value is -5.16. The van der Waals surface area contributed by atoms with E-state index in [1.807, 2.05) is 114 Å². The van der Waals surface area contributed by atoms with E-state index in [1.54, 1.807) is 4.90 Å². The van der Waals surface area contributed by atoms with Crippen LogP contribution in [0.4, 0.5) is 0 Å². The Labute approximate surface area is 587 Å². The van der Waals surface area contributed by atoms with Gasteiger partial charge < -0.3 is 45.1 Å². The smallest absolute Gasteiger partial charge is 0.326 e. The van der Waals surface area contributed by atoms with E-state index in [4.69, 9.17) is 61.5 Å². The predicted molar refractivity (Wildman–Crippen MR) is 380 cm³/mol. The van der Waals surface area contributed by atoms with Crippen molar-refractivity contribution in [2.75, 3.05) is 52.4 Å². The van der Waals surface area contributed by atoms with E-state index in [-0.39, 0.29) is 65.9 Å². The number of benzene rings is 4. The predicted octanol–water partition coefficient (Wildman–Crippen LogP) is 12.4. The molecule has 4 N–H and O–H groups in total. The Bertz CT molecular complexity index is 3650. The van der Waals surface area contributed by atoms with Gasteiger partial charge in [0.05, 0.1) is 24.3 Å². The molecule has 0 aromatic heterocycles. The second-order valence-corrected chi connectivity index (χ2v) is 31.7. The van der Waals surface area contributed by atoms with Crippen LogP contribution in [0.25, 0.3) is 0 Å². The summed E-state index contributed by atoms with van der Waals surface area (Å²) in [6, 6.07) is 30.4. The number of carbonyl (C=O) groups is 4. The molecule has 95 heavy (non-hydrogen) atoms. The third kappa shape index (κ3) is 13.7. The van der Waals surface area contributed by atoms with Gasteiger partial charge in [-0.3, -0.25) is 24.2 Å². The molecule has 2 aliphatic carbocycles. The number of piperazine rings is 2. The molecule has 4 aromatic carbocycles. The number of aliphatic imine (C=N–C) groups is 2. The minimum atomic E-state index is -0.959. The molecule has 4 aromatic rings. The molecule has 6 fully saturated rings. The lowest BCUT2D eigenvalue weighted by atomic mass is 9.81. The van der Waals surface area contributed by atoms with Crippen molar-refractivity contribution in [3.63, 3.8) is 0 Å². The fourth-order valence-corrected chi connectivity index (χ4v) is 19.0. The highest BCUT2D eigenvalue weighted by molar-refractivity contribution is 8.18. The van der Waals surface area contributed by atoms with Crippen molar-refractivity contribution in [1.29, 1.82) is 0 Å². The third-order valence-electron chi connectivity index (χ3n) is 21.1. The highest BCUT2D eigenvalue weighted by atomic mass is 35.5. The molecule has 17 nitrogen and oxygen atoms in total. The summed E-state index contributed by atoms with van der Waals surface area (Å²) in [5.74, 6) is -1.18. The molecule has 3 amide bonds. The van der Waals surface area contributed by atoms with Gasteiger partial charge in [-0.15, -0.1) is 0 Å². The molecule has 0 spiro atoms. The molecule has 508 valence electrons. The third-order valence-corrected chi connectivity index (χ3v) is 24.2. The largest absolute Gasteiger partial charge is 0.480 e. The Morgan fingerprint density at radius 3 is 1.25 bits per heavy atom. The van der Waals surface area contributed by atoms with E-state index in [1.165, 1.54) is 23.5 Å². The van der Waals surface area contributed by atoms with Gasteiger partial charge in [0.15, 0.2) is 10.3 Å². The molecule has 14 rings (SSSR count). The second-order valence-electron chi connectivity index (χ2n) is 28.0. The van der Waals surface area contributed by atoms with E-state index >= 15 is 0 Å². The van der Waals surface area contributed by atoms with E-state index in [2.05, 4.69) is 73.4 Å². The highest BCUT2D eigenvalue weighted by Crippen LogP contribution is 2.59. The molecular weight excluding hydrogens is 1320 g/mol. The SMILES string of the molecule is CC(C)C1=C(C(=O)N2[C@H](C)CC[C@H]2C(=O)N2CCN(C3CC(O)C3)CC2)SC2=N[C@@](C)(c3ccc(Cl)cc3)[C@@H](c3ccc(Cl)cc3)N21.CC(C)C1=C(C(=O)N2[C@H](C)CC[C@H]2C(=O)O)SC2=N[C@@](C)(c3ccc(Cl)cc3)[C@@H](c3ccc(Cl)cc3)N21.OC1CC(N2CCNCC2)C1. The van der Waals surface area contributed by atoms with Crippen LogP contribution in [-0.4, -0.2) is 184 Å². The summed E-state index contributed by atoms with van der Waals surface area (Å²) >= 11 is 27.8. The van der Waals surface area contributed by atoms with Gasteiger partial charge >= 0.3 is 5.97 Å². The Kier molecular flexibility index (Phi) is 21.0. The van der Waals surface area contributed by atoms with Crippen molar-refractivity contribution < 1.29 is 34.5 Å². The highest BCUT2D eigenvalue weighted by Gasteiger charge is 2.57. The molecule has 0 radical (unpaired) electrons. The van der Waals surface area contributed by atoms with Crippen LogP contribution in [0.2, 0.25) is 20.1 Å². The first kappa shape index (κ1) is 69.7. The summed E-state index contributed by atoms with van der Waals surface area (Å²) in [5, 5.41) is 36.1. The average Bonchev–Trinajstić information content (AvgIpc) is 1.56. The van der Waals surface area contributed by atoms with Gasteiger partial charge in [0.25, 0.3) is 11.8 Å². The minimum absolute atomic E-state index is 0.00250. The van der Waals surface area contributed by atoms with E-state index in [0.29, 0.717) is 74.3 Å². The zero-order valence-electron chi connectivity index (χ0n) is 55.3. The van der Waals surface area contributed by atoms with Gasteiger partial charge in [-0.25, -0.2) is 14.8 Å². The number of hydrogen-bond donors (Lipinski definition) is 4. The molecule has 8 atom stereocenters. The lowest BCUT2D eigenvalue weighted by Crippen LogP contribution is -2.58. The summed E-state index contributed by atoms with van der Waals surface area (Å²) in [6.07, 6.45) is 6.05. The fourth-order valence-electron chi connectivity index (χ4n) is 15.8. The summed E-state index contributed by atoms with van der Waals surface area (Å²) in [6.45, 7) is 24.1. The topological polar surface area (TPSA) is 188 Å². The molecule has 10 aliphatic rings. The maximum Gasteiger partial charge on any atom is 0.326 e. The van der Waals surface area contributed by atoms with Crippen LogP contribution < -0.4 is 5.32 Å². The Balaban J connectivity index is 0.000000159. The van der Waals surface area contributed by atoms with Crippen molar-refractivity contribution in [3.8, 4) is 0 Å². The summed E-state index contributed by atoms with van der Waals surface area (Å²) in [5.41, 5.74) is 4.63. The number of aliphatic carboxylic acids is 1. The first-order valence-corrected chi connectivity index (χ1v) is 36.9. The number of aliphatic hydroxyl groups is 2. The zero-order chi connectivity index (χ0) is 67.5. The number of halogens is 4. The first-order chi connectivity index (χ1) is 45.3. The van der Waals surface area contributed by atoms with Crippen molar-refractivity contribution in [1.82, 2.24) is 39.6 Å². The molecule has 8 aliphatic heterocycles. The number of rotatable bonds is 12. The number of amides is 3. The maximum absolute atomic E-state index is 14.7. The van der Waals surface area contributed by atoms with Gasteiger partial charge in [-0.05, 0) is 185 Å². The molecule has 0 unspecified atom stereocenters. The number of nitrogens with zero attached hydrogens (tertiary/aromatic N) is 9. The summed E-state index contributed by atoms with van der Waals surface area (Å²) in [7, 11) is 0. The molecule has 2 saturated carbocycles. The monoisotopic (exact) mass is 1410 g/mol. The van der Waals surface area contributed by atoms with Crippen LogP contribution >= 0.6 is 69.9 Å². The average molecular weight is 1410 g/mol. The molecular formula is C72H88Cl4N10O7S2. The van der Waals surface area contributed by atoms with E-state index in [9.17, 15) is 29.4 Å². The fraction of sp³-hybridized carbons (Fsp3) is 0.528. The quantitative estimate of drug-likeness (QED) is 0.105. The summed E-state index contributed by atoms with van der Waals surface area (Å²) < 4.78 is 0. The number of aliphatic hydroxyl groups excluding tert-OH is 2. The first-order valence-electron chi connectivity index (χ1n) is 33.7. The Morgan fingerprint density at radius 1 is 0.526 bits per heavy atom. The lowest BCUT2D eigenvalue weighted by molar-refractivity contribution is -0.147. The van der Waals surface area contributed by atoms with Gasteiger partial charge in [-0.2, -0.15) is 0 Å². The minimum Gasteiger partial charge on any atom is -0.480 e. The van der Waals surface area contributed by atoms with Gasteiger partial charge in [0.1, 0.15) is 33.0 Å². The molecule has 0 bridgehead atoms. The zero-order valence-corrected chi connectivity index (χ0v) is 60.0. The number of likely N-dealkylation sites (tertiary alicyclic amines) is 2. The van der Waals surface area contributed by atoms with E-state index < -0.39 is 29.1 Å². The van der Waals surface area contributed by atoms with Crippen molar-refractivity contribution in [2.24, 2.45) is 21.8 Å². The standard InChI is InChI=1S/C36H43Cl2N5O3S.C28H29Cl2N3O3S.C8H16N2O/c1-21(2)30-31(34(46)42-22(3)5-14-29(42)33(45)41-17-15-40(16-18-41)27-19-28(44)20-27)47-35-39-36(4,24-8-12-26(38)13-9-24)32(43(30)35)23-6-10-25(37)11-7-23;1-15(2)22-23(25(34)32-16(3)5-14-21(32)26(35)36)37-27-31-28(4,18-8-12-20(30)13-9-18)24(33(22)27)17-6-10-19(29)11-7-17;11-8-5-7(6-8)10-3-1-9-2-4-10/h6-13,21-22,27-29,32,44H,5,14-20H2,1-4H3;6-13,15-16,21,24H,5,14H2,1-4H3,(H,35,36);7-9,11H,1-6H2/t22-,27?,28?,29+,32-,36+;16-,21+,24-,28+;/m11./s1. The van der Waals surface area contributed by atoms with Gasteiger partial charge in [0.2, 0.25) is 5.91 Å². The van der Waals surface area contributed by atoms with Crippen molar-refractivity contribution in [2.45, 2.75) is 178 Å². The number of hydrogen-bond acceptors (Lipinski definition) is 15. The normalized spacial score (nSPS) is 30.6. The number of fused-ring (bicyclic) bond motifs is 2. The number of nitrogens with one attached hydrogen (secondary N) is 1. The van der Waals surface area contributed by atoms with E-state index in [0.717, 1.165) is 115 Å². The number of allylic oxidation sites excluding steroid dienone is 2. The second kappa shape index (κ2) is 28.6.